The first kappa shape index (κ1) is 42.7. The first-order valence-corrected chi connectivity index (χ1v) is 22.2. The molecular weight excluding hydrogens is 757 g/mol. The highest BCUT2D eigenvalue weighted by Gasteiger charge is 2.35. The van der Waals surface area contributed by atoms with Crippen LogP contribution in [0.1, 0.15) is 58.4 Å². The number of rotatable bonds is 5. The highest BCUT2D eigenvalue weighted by Crippen LogP contribution is 2.49. The molecule has 0 atom stereocenters. The van der Waals surface area contributed by atoms with Crippen LogP contribution in [0.15, 0.2) is 206 Å². The molecule has 310 valence electrons. The van der Waals surface area contributed by atoms with E-state index in [1.165, 1.54) is 111 Å². The van der Waals surface area contributed by atoms with Crippen LogP contribution in [0.5, 0.6) is 0 Å². The van der Waals surface area contributed by atoms with Crippen LogP contribution < -0.4 is 0 Å². The number of hydrogen-bond acceptors (Lipinski definition) is 0. The molecule has 0 spiro atoms. The van der Waals surface area contributed by atoms with Crippen LogP contribution in [-0.2, 0) is 5.41 Å². The second-order valence-electron chi connectivity index (χ2n) is 17.9. The van der Waals surface area contributed by atoms with Crippen molar-refractivity contribution in [3.05, 3.63) is 251 Å². The van der Waals surface area contributed by atoms with Gasteiger partial charge in [0.1, 0.15) is 0 Å². The van der Waals surface area contributed by atoms with Crippen molar-refractivity contribution in [3.63, 3.8) is 0 Å². The van der Waals surface area contributed by atoms with Crippen molar-refractivity contribution in [1.82, 2.24) is 0 Å². The molecule has 0 saturated carbocycles. The summed E-state index contributed by atoms with van der Waals surface area (Å²) in [7, 11) is 0. The Labute approximate surface area is 376 Å². The summed E-state index contributed by atoms with van der Waals surface area (Å²) in [4.78, 5) is 0. The molecule has 0 fully saturated rings. The highest BCUT2D eigenvalue weighted by atomic mass is 14.4. The molecule has 0 unspecified atom stereocenters. The van der Waals surface area contributed by atoms with Gasteiger partial charge < -0.3 is 0 Å². The predicted octanol–water partition coefficient (Wildman–Crippen LogP) is 17.6. The molecule has 0 radical (unpaired) electrons. The normalized spacial score (nSPS) is 11.9. The van der Waals surface area contributed by atoms with Crippen molar-refractivity contribution in [3.8, 4) is 66.8 Å². The summed E-state index contributed by atoms with van der Waals surface area (Å²) in [6, 6.07) is 74.7. The zero-order valence-electron chi connectivity index (χ0n) is 38.1. The van der Waals surface area contributed by atoms with Gasteiger partial charge in [0.05, 0.1) is 0 Å². The Balaban J connectivity index is 0.000000133. The first-order valence-electron chi connectivity index (χ1n) is 22.2. The van der Waals surface area contributed by atoms with Gasteiger partial charge in [-0.1, -0.05) is 235 Å². The van der Waals surface area contributed by atoms with Crippen molar-refractivity contribution in [2.45, 2.75) is 60.8 Å². The third kappa shape index (κ3) is 9.88. The van der Waals surface area contributed by atoms with Gasteiger partial charge in [0.25, 0.3) is 0 Å². The Kier molecular flexibility index (Phi) is 12.5. The van der Waals surface area contributed by atoms with Crippen molar-refractivity contribution in [2.24, 2.45) is 0 Å². The van der Waals surface area contributed by atoms with E-state index in [0.29, 0.717) is 0 Å². The zero-order valence-corrected chi connectivity index (χ0v) is 38.1. The molecule has 10 rings (SSSR count). The summed E-state index contributed by atoms with van der Waals surface area (Å²) < 4.78 is 0. The smallest absolute Gasteiger partial charge is 0.0158 e. The van der Waals surface area contributed by atoms with E-state index in [4.69, 9.17) is 0 Å². The molecule has 63 heavy (non-hydrogen) atoms. The van der Waals surface area contributed by atoms with Crippen LogP contribution in [0.3, 0.4) is 0 Å². The SMILES string of the molecule is Cc1ccc2c(c1)-c1cc(C)ccc1C2(C)C.Cc1cccc(-c2cccc(-c3cccc(-c4cccc(C)c4)c3)c2)c1.Cc1cccc(-c2cccc(-c3cccc(C)c3)c2)c1. The minimum absolute atomic E-state index is 0.145. The fourth-order valence-corrected chi connectivity index (χ4v) is 8.93. The third-order valence-corrected chi connectivity index (χ3v) is 12.3. The second kappa shape index (κ2) is 18.5. The number of fused-ring (bicyclic) bond motifs is 3. The maximum atomic E-state index is 2.32. The van der Waals surface area contributed by atoms with Crippen LogP contribution >= 0.6 is 0 Å². The van der Waals surface area contributed by atoms with E-state index < -0.39 is 0 Å². The van der Waals surface area contributed by atoms with Crippen LogP contribution in [0.25, 0.3) is 66.8 Å². The van der Waals surface area contributed by atoms with E-state index in [1.807, 2.05) is 0 Å². The minimum atomic E-state index is 0.145. The standard InChI is InChI=1S/C26H22.C20H18.C17H18/c1-19-7-3-9-21(15-19)23-11-5-13-25(17-23)26-14-6-12-24(18-26)22-10-4-8-20(2)16-22;1-15-6-3-8-17(12-15)19-10-5-11-20(14-19)18-9-4-7-16(2)13-18;1-11-5-7-15-13(9-11)14-10-12(2)6-8-16(14)17(15,3)4/h3-18H,1-2H3;3-14H,1-2H3;5-10H,1-4H3. The third-order valence-electron chi connectivity index (χ3n) is 12.3. The lowest BCUT2D eigenvalue weighted by Gasteiger charge is -2.21. The lowest BCUT2D eigenvalue weighted by molar-refractivity contribution is 0.660. The molecule has 0 amide bonds. The van der Waals surface area contributed by atoms with Gasteiger partial charge in [0.2, 0.25) is 0 Å². The Morgan fingerprint density at radius 2 is 0.429 bits per heavy atom. The molecule has 0 saturated heterocycles. The van der Waals surface area contributed by atoms with E-state index in [2.05, 4.69) is 262 Å². The Morgan fingerprint density at radius 1 is 0.222 bits per heavy atom. The summed E-state index contributed by atoms with van der Waals surface area (Å²) in [6.45, 7) is 17.5. The molecule has 9 aromatic rings. The average molecular weight is 815 g/mol. The highest BCUT2D eigenvalue weighted by molar-refractivity contribution is 5.82. The minimum Gasteiger partial charge on any atom is -0.0614 e. The summed E-state index contributed by atoms with van der Waals surface area (Å²) in [5, 5.41) is 0. The lowest BCUT2D eigenvalue weighted by atomic mass is 9.82. The predicted molar refractivity (Wildman–Crippen MR) is 272 cm³/mol. The number of hydrogen-bond donors (Lipinski definition) is 0. The average Bonchev–Trinajstić information content (AvgIpc) is 3.51. The molecule has 0 nitrogen and oxygen atoms in total. The molecule has 0 aromatic heterocycles. The van der Waals surface area contributed by atoms with Gasteiger partial charge in [0, 0.05) is 5.41 Å². The van der Waals surface area contributed by atoms with Gasteiger partial charge in [-0.25, -0.2) is 0 Å². The molecule has 1 aliphatic rings. The van der Waals surface area contributed by atoms with Crippen molar-refractivity contribution in [1.29, 1.82) is 0 Å². The number of aryl methyl sites for hydroxylation is 6. The van der Waals surface area contributed by atoms with E-state index >= 15 is 0 Å². The first-order chi connectivity index (χ1) is 30.4. The van der Waals surface area contributed by atoms with E-state index in [1.54, 1.807) is 0 Å². The zero-order chi connectivity index (χ0) is 44.1. The monoisotopic (exact) mass is 814 g/mol. The van der Waals surface area contributed by atoms with E-state index in [0.717, 1.165) is 0 Å². The van der Waals surface area contributed by atoms with Crippen LogP contribution in [0.4, 0.5) is 0 Å². The van der Waals surface area contributed by atoms with Gasteiger partial charge in [-0.15, -0.1) is 0 Å². The molecule has 0 heterocycles. The lowest BCUT2D eigenvalue weighted by Crippen LogP contribution is -2.14. The second-order valence-corrected chi connectivity index (χ2v) is 17.9. The Morgan fingerprint density at radius 3 is 0.667 bits per heavy atom. The van der Waals surface area contributed by atoms with Crippen LogP contribution in [0.2, 0.25) is 0 Å². The van der Waals surface area contributed by atoms with Gasteiger partial charge >= 0.3 is 0 Å². The molecule has 1 aliphatic carbocycles. The maximum absolute atomic E-state index is 2.32. The Hall–Kier alpha value is -7.02. The van der Waals surface area contributed by atoms with Gasteiger partial charge in [-0.05, 0) is 138 Å². The molecule has 9 aromatic carbocycles. The fourth-order valence-electron chi connectivity index (χ4n) is 8.93. The van der Waals surface area contributed by atoms with Crippen molar-refractivity contribution < 1.29 is 0 Å². The maximum Gasteiger partial charge on any atom is 0.0158 e. The molecular formula is C63H58. The van der Waals surface area contributed by atoms with Gasteiger partial charge in [0.15, 0.2) is 0 Å². The van der Waals surface area contributed by atoms with Crippen molar-refractivity contribution >= 4 is 0 Å². The van der Waals surface area contributed by atoms with Crippen LogP contribution in [0, 0.1) is 41.5 Å². The van der Waals surface area contributed by atoms with E-state index in [9.17, 15) is 0 Å². The molecule has 0 aliphatic heterocycles. The summed E-state index contributed by atoms with van der Waals surface area (Å²) in [6.07, 6.45) is 0. The van der Waals surface area contributed by atoms with Gasteiger partial charge in [-0.3, -0.25) is 0 Å². The molecule has 0 N–H and O–H groups in total. The molecule has 0 bridgehead atoms. The topological polar surface area (TPSA) is 0 Å². The Bertz CT molecular complexity index is 2840. The van der Waals surface area contributed by atoms with Crippen LogP contribution in [-0.4, -0.2) is 0 Å². The van der Waals surface area contributed by atoms with Crippen molar-refractivity contribution in [2.75, 3.05) is 0 Å². The molecule has 0 heteroatoms. The number of benzene rings is 9. The van der Waals surface area contributed by atoms with Gasteiger partial charge in [-0.2, -0.15) is 0 Å². The fraction of sp³-hybridized carbons (Fsp3) is 0.143. The summed E-state index contributed by atoms with van der Waals surface area (Å²) in [5.41, 5.74) is 26.4. The largest absolute Gasteiger partial charge is 0.0614 e. The summed E-state index contributed by atoms with van der Waals surface area (Å²) >= 11 is 0. The quantitative estimate of drug-likeness (QED) is 0.162. The summed E-state index contributed by atoms with van der Waals surface area (Å²) in [5.74, 6) is 0. The van der Waals surface area contributed by atoms with E-state index in [-0.39, 0.29) is 5.41 Å².